The SMILES string of the molecule is COc1ccc(C(C)C)cc1NCC(C)(C)C(=O)O. The van der Waals surface area contributed by atoms with Gasteiger partial charge in [0.15, 0.2) is 0 Å². The van der Waals surface area contributed by atoms with E-state index in [-0.39, 0.29) is 0 Å². The molecule has 1 aromatic rings. The number of hydrogen-bond donors (Lipinski definition) is 2. The van der Waals surface area contributed by atoms with Gasteiger partial charge in [-0.3, -0.25) is 4.79 Å². The van der Waals surface area contributed by atoms with E-state index >= 15 is 0 Å². The van der Waals surface area contributed by atoms with Crippen molar-refractivity contribution in [3.05, 3.63) is 23.8 Å². The van der Waals surface area contributed by atoms with Crippen LogP contribution in [0.2, 0.25) is 0 Å². The van der Waals surface area contributed by atoms with Gasteiger partial charge in [0.1, 0.15) is 5.75 Å². The summed E-state index contributed by atoms with van der Waals surface area (Å²) in [5, 5.41) is 12.3. The Labute approximate surface area is 114 Å². The predicted octanol–water partition coefficient (Wildman–Crippen LogP) is 3.34. The molecule has 4 heteroatoms. The Balaban J connectivity index is 2.92. The van der Waals surface area contributed by atoms with Gasteiger partial charge in [-0.2, -0.15) is 0 Å². The summed E-state index contributed by atoms with van der Waals surface area (Å²) in [6, 6.07) is 5.95. The molecule has 0 aliphatic rings. The zero-order valence-electron chi connectivity index (χ0n) is 12.3. The van der Waals surface area contributed by atoms with E-state index < -0.39 is 11.4 Å². The van der Waals surface area contributed by atoms with Crippen LogP contribution in [0.15, 0.2) is 18.2 Å². The van der Waals surface area contributed by atoms with Gasteiger partial charge in [0.05, 0.1) is 18.2 Å². The Morgan fingerprint density at radius 2 is 2.05 bits per heavy atom. The molecule has 0 saturated carbocycles. The Hall–Kier alpha value is -1.71. The minimum atomic E-state index is -0.821. The molecule has 0 aliphatic heterocycles. The van der Waals surface area contributed by atoms with Crippen LogP contribution in [0.4, 0.5) is 5.69 Å². The van der Waals surface area contributed by atoms with Crippen molar-refractivity contribution in [3.63, 3.8) is 0 Å². The smallest absolute Gasteiger partial charge is 0.310 e. The van der Waals surface area contributed by atoms with Gasteiger partial charge in [0.2, 0.25) is 0 Å². The van der Waals surface area contributed by atoms with E-state index in [1.807, 2.05) is 18.2 Å². The van der Waals surface area contributed by atoms with Crippen molar-refractivity contribution in [2.75, 3.05) is 19.0 Å². The lowest BCUT2D eigenvalue weighted by Crippen LogP contribution is -2.31. The molecule has 2 N–H and O–H groups in total. The third-order valence-electron chi connectivity index (χ3n) is 3.19. The molecule has 0 aromatic heterocycles. The van der Waals surface area contributed by atoms with Gasteiger partial charge in [-0.1, -0.05) is 19.9 Å². The number of aliphatic carboxylic acids is 1. The first kappa shape index (κ1) is 15.3. The van der Waals surface area contributed by atoms with Crippen molar-refractivity contribution in [2.45, 2.75) is 33.6 Å². The summed E-state index contributed by atoms with van der Waals surface area (Å²) in [6.45, 7) is 7.97. The molecule has 0 amide bonds. The second-order valence-electron chi connectivity index (χ2n) is 5.66. The van der Waals surface area contributed by atoms with E-state index in [2.05, 4.69) is 19.2 Å². The highest BCUT2D eigenvalue weighted by atomic mass is 16.5. The van der Waals surface area contributed by atoms with Crippen LogP contribution in [0.1, 0.15) is 39.2 Å². The van der Waals surface area contributed by atoms with Crippen LogP contribution in [0.5, 0.6) is 5.75 Å². The first-order chi connectivity index (χ1) is 8.77. The Kier molecular flexibility index (Phi) is 4.81. The lowest BCUT2D eigenvalue weighted by atomic mass is 9.93. The number of carbonyl (C=O) groups is 1. The maximum Gasteiger partial charge on any atom is 0.310 e. The Bertz CT molecular complexity index is 453. The number of benzene rings is 1. The molecule has 0 heterocycles. The summed E-state index contributed by atoms with van der Waals surface area (Å²) in [6.07, 6.45) is 0. The molecule has 0 radical (unpaired) electrons. The minimum Gasteiger partial charge on any atom is -0.495 e. The normalized spacial score (nSPS) is 11.5. The number of anilines is 1. The molecule has 0 fully saturated rings. The van der Waals surface area contributed by atoms with Crippen molar-refractivity contribution >= 4 is 11.7 Å². The Morgan fingerprint density at radius 3 is 2.53 bits per heavy atom. The third kappa shape index (κ3) is 3.88. The number of hydrogen-bond acceptors (Lipinski definition) is 3. The number of rotatable bonds is 6. The van der Waals surface area contributed by atoms with Crippen molar-refractivity contribution in [2.24, 2.45) is 5.41 Å². The van der Waals surface area contributed by atoms with Gasteiger partial charge < -0.3 is 15.2 Å². The molecule has 0 unspecified atom stereocenters. The van der Waals surface area contributed by atoms with Gasteiger partial charge in [-0.15, -0.1) is 0 Å². The fraction of sp³-hybridized carbons (Fsp3) is 0.533. The van der Waals surface area contributed by atoms with Gasteiger partial charge >= 0.3 is 5.97 Å². The quantitative estimate of drug-likeness (QED) is 0.828. The molecule has 4 nitrogen and oxygen atoms in total. The highest BCUT2D eigenvalue weighted by molar-refractivity contribution is 5.74. The summed E-state index contributed by atoms with van der Waals surface area (Å²) in [7, 11) is 1.61. The number of methoxy groups -OCH3 is 1. The summed E-state index contributed by atoms with van der Waals surface area (Å²) < 4.78 is 5.30. The monoisotopic (exact) mass is 265 g/mol. The second kappa shape index (κ2) is 5.95. The van der Waals surface area contributed by atoms with E-state index in [1.54, 1.807) is 21.0 Å². The van der Waals surface area contributed by atoms with Crippen molar-refractivity contribution in [1.82, 2.24) is 0 Å². The second-order valence-corrected chi connectivity index (χ2v) is 5.66. The van der Waals surface area contributed by atoms with Crippen LogP contribution in [0.3, 0.4) is 0 Å². The van der Waals surface area contributed by atoms with Crippen molar-refractivity contribution in [3.8, 4) is 5.75 Å². The summed E-state index contributed by atoms with van der Waals surface area (Å²) in [5.74, 6) is 0.323. The zero-order valence-corrected chi connectivity index (χ0v) is 12.3. The molecule has 0 bridgehead atoms. The Morgan fingerprint density at radius 1 is 1.42 bits per heavy atom. The molecule has 1 rings (SSSR count). The molecule has 0 saturated heterocycles. The van der Waals surface area contributed by atoms with E-state index in [4.69, 9.17) is 9.84 Å². The topological polar surface area (TPSA) is 58.6 Å². The average Bonchev–Trinajstić information content (AvgIpc) is 2.35. The number of carboxylic acid groups (broad SMARTS) is 1. The fourth-order valence-corrected chi connectivity index (χ4v) is 1.61. The van der Waals surface area contributed by atoms with Crippen molar-refractivity contribution in [1.29, 1.82) is 0 Å². The highest BCUT2D eigenvalue weighted by Crippen LogP contribution is 2.29. The molecule has 19 heavy (non-hydrogen) atoms. The van der Waals surface area contributed by atoms with Crippen LogP contribution in [0, 0.1) is 5.41 Å². The first-order valence-electron chi connectivity index (χ1n) is 6.43. The van der Waals surface area contributed by atoms with E-state index in [1.165, 1.54) is 5.56 Å². The lowest BCUT2D eigenvalue weighted by molar-refractivity contribution is -0.146. The molecule has 106 valence electrons. The average molecular weight is 265 g/mol. The first-order valence-corrected chi connectivity index (χ1v) is 6.43. The zero-order chi connectivity index (χ0) is 14.6. The van der Waals surface area contributed by atoms with Crippen LogP contribution in [0.25, 0.3) is 0 Å². The summed E-state index contributed by atoms with van der Waals surface area (Å²) in [5.41, 5.74) is 1.21. The van der Waals surface area contributed by atoms with Crippen LogP contribution in [-0.2, 0) is 4.79 Å². The van der Waals surface area contributed by atoms with Gasteiger partial charge in [-0.25, -0.2) is 0 Å². The van der Waals surface area contributed by atoms with Crippen LogP contribution in [-0.4, -0.2) is 24.7 Å². The molecular weight excluding hydrogens is 242 g/mol. The van der Waals surface area contributed by atoms with Crippen LogP contribution >= 0.6 is 0 Å². The molecule has 1 aromatic carbocycles. The van der Waals surface area contributed by atoms with E-state index in [9.17, 15) is 4.79 Å². The third-order valence-corrected chi connectivity index (χ3v) is 3.19. The lowest BCUT2D eigenvalue weighted by Gasteiger charge is -2.22. The summed E-state index contributed by atoms with van der Waals surface area (Å²) >= 11 is 0. The van der Waals surface area contributed by atoms with Gasteiger partial charge in [0, 0.05) is 6.54 Å². The molecular formula is C15H23NO3. The minimum absolute atomic E-state index is 0.347. The summed E-state index contributed by atoms with van der Waals surface area (Å²) in [4.78, 5) is 11.1. The van der Waals surface area contributed by atoms with E-state index in [0.29, 0.717) is 12.5 Å². The standard InChI is InChI=1S/C15H23NO3/c1-10(2)11-6-7-13(19-5)12(8-11)16-9-15(3,4)14(17)18/h6-8,10,16H,9H2,1-5H3,(H,17,18). The number of ether oxygens (including phenoxy) is 1. The van der Waals surface area contributed by atoms with Crippen LogP contribution < -0.4 is 10.1 Å². The maximum absolute atomic E-state index is 11.1. The van der Waals surface area contributed by atoms with E-state index in [0.717, 1.165) is 11.4 Å². The predicted molar refractivity (Wildman–Crippen MR) is 77.0 cm³/mol. The maximum atomic E-state index is 11.1. The molecule has 0 spiro atoms. The largest absolute Gasteiger partial charge is 0.495 e. The van der Waals surface area contributed by atoms with Gasteiger partial charge in [-0.05, 0) is 37.5 Å². The number of nitrogens with one attached hydrogen (secondary N) is 1. The number of carboxylic acids is 1. The van der Waals surface area contributed by atoms with Crippen molar-refractivity contribution < 1.29 is 14.6 Å². The molecule has 0 aliphatic carbocycles. The molecule has 0 atom stereocenters. The van der Waals surface area contributed by atoms with Gasteiger partial charge in [0.25, 0.3) is 0 Å². The fourth-order valence-electron chi connectivity index (χ4n) is 1.61. The highest BCUT2D eigenvalue weighted by Gasteiger charge is 2.27.